The average Bonchev–Trinajstić information content (AvgIpc) is 2.80. The van der Waals surface area contributed by atoms with Crippen LogP contribution in [-0.4, -0.2) is 29.6 Å². The van der Waals surface area contributed by atoms with Crippen molar-refractivity contribution in [2.24, 2.45) is 5.92 Å². The molecule has 24 heavy (non-hydrogen) atoms. The van der Waals surface area contributed by atoms with Crippen molar-refractivity contribution in [2.45, 2.75) is 89.0 Å². The zero-order valence-electron chi connectivity index (χ0n) is 15.2. The molecule has 3 aliphatic rings. The quantitative estimate of drug-likeness (QED) is 0.670. The van der Waals surface area contributed by atoms with Gasteiger partial charge in [0.1, 0.15) is 0 Å². The summed E-state index contributed by atoms with van der Waals surface area (Å²) in [5.74, 6) is 0.753. The number of rotatable bonds is 7. The van der Waals surface area contributed by atoms with Crippen molar-refractivity contribution in [3.63, 3.8) is 0 Å². The topological polar surface area (TPSA) is 12.5 Å². The molecule has 1 aromatic carbocycles. The molecule has 0 radical (unpaired) electrons. The van der Waals surface area contributed by atoms with E-state index in [-0.39, 0.29) is 0 Å². The van der Waals surface area contributed by atoms with Crippen LogP contribution in [0.2, 0.25) is 0 Å². The van der Waals surface area contributed by atoms with E-state index < -0.39 is 0 Å². The normalized spacial score (nSPS) is 31.8. The van der Waals surface area contributed by atoms with E-state index in [9.17, 15) is 0 Å². The molecule has 2 unspecified atom stereocenters. The minimum atomic E-state index is 0.339. The van der Waals surface area contributed by atoms with Gasteiger partial charge in [0.2, 0.25) is 0 Å². The summed E-state index contributed by atoms with van der Waals surface area (Å²) in [6.07, 6.45) is 12.9. The first-order valence-electron chi connectivity index (χ1n) is 10.3. The Labute approximate surface area is 147 Å². The third-order valence-electron chi connectivity index (χ3n) is 6.66. The number of nitrogens with zero attached hydrogens (tertiary/aromatic N) is 1. The van der Waals surface area contributed by atoms with Crippen molar-refractivity contribution in [1.82, 2.24) is 4.90 Å². The highest BCUT2D eigenvalue weighted by Crippen LogP contribution is 2.44. The highest BCUT2D eigenvalue weighted by Gasteiger charge is 2.42. The van der Waals surface area contributed by atoms with Gasteiger partial charge in [-0.3, -0.25) is 4.90 Å². The van der Waals surface area contributed by atoms with Crippen LogP contribution in [0.1, 0.15) is 76.4 Å². The number of ether oxygens (including phenoxy) is 1. The summed E-state index contributed by atoms with van der Waals surface area (Å²) < 4.78 is 6.79. The third kappa shape index (κ3) is 3.41. The Morgan fingerprint density at radius 2 is 1.75 bits per heavy atom. The van der Waals surface area contributed by atoms with E-state index in [0.717, 1.165) is 18.0 Å². The van der Waals surface area contributed by atoms with Gasteiger partial charge in [-0.25, -0.2) is 0 Å². The van der Waals surface area contributed by atoms with E-state index in [1.165, 1.54) is 69.9 Å². The monoisotopic (exact) mass is 327 g/mol. The van der Waals surface area contributed by atoms with E-state index >= 15 is 0 Å². The molecule has 2 nitrogen and oxygen atoms in total. The third-order valence-corrected chi connectivity index (χ3v) is 6.66. The Morgan fingerprint density at radius 1 is 1.04 bits per heavy atom. The molecule has 1 aromatic rings. The second-order valence-corrected chi connectivity index (χ2v) is 8.23. The molecule has 0 aromatic heterocycles. The lowest BCUT2D eigenvalue weighted by molar-refractivity contribution is -0.0965. The van der Waals surface area contributed by atoms with Gasteiger partial charge in [0.05, 0.1) is 12.2 Å². The molecule has 1 aliphatic carbocycles. The molecule has 2 heterocycles. The van der Waals surface area contributed by atoms with Crippen molar-refractivity contribution in [3.05, 3.63) is 35.9 Å². The summed E-state index contributed by atoms with van der Waals surface area (Å²) in [5.41, 5.74) is 1.41. The van der Waals surface area contributed by atoms with Gasteiger partial charge in [-0.05, 0) is 63.0 Å². The molecule has 2 bridgehead atoms. The fourth-order valence-corrected chi connectivity index (χ4v) is 5.10. The van der Waals surface area contributed by atoms with E-state index in [0.29, 0.717) is 12.2 Å². The van der Waals surface area contributed by atoms with Crippen LogP contribution in [-0.2, 0) is 4.74 Å². The predicted molar refractivity (Wildman–Crippen MR) is 99.1 cm³/mol. The second kappa shape index (κ2) is 7.58. The Morgan fingerprint density at radius 3 is 2.33 bits per heavy atom. The molecule has 1 saturated carbocycles. The summed E-state index contributed by atoms with van der Waals surface area (Å²) in [5, 5.41) is 0. The Kier molecular flexibility index (Phi) is 5.24. The maximum absolute atomic E-state index is 6.79. The lowest BCUT2D eigenvalue weighted by Crippen LogP contribution is -2.46. The lowest BCUT2D eigenvalue weighted by Gasteiger charge is -2.42. The molecule has 3 fully saturated rings. The number of fused-ring (bicyclic) bond motifs is 2. The van der Waals surface area contributed by atoms with Gasteiger partial charge in [-0.1, -0.05) is 50.1 Å². The van der Waals surface area contributed by atoms with Gasteiger partial charge >= 0.3 is 0 Å². The minimum absolute atomic E-state index is 0.339. The fourth-order valence-electron chi connectivity index (χ4n) is 5.10. The smallest absolute Gasteiger partial charge is 0.0856 e. The van der Waals surface area contributed by atoms with Gasteiger partial charge in [-0.2, -0.15) is 0 Å². The number of hydrogen-bond acceptors (Lipinski definition) is 2. The maximum atomic E-state index is 6.79. The van der Waals surface area contributed by atoms with Crippen LogP contribution >= 0.6 is 0 Å². The number of unbranched alkanes of at least 4 members (excludes halogenated alkanes) is 1. The standard InChI is InChI=1S/C22H33NO/c1-2-3-14-23-19-12-13-20(23)16-21(15-19)24-22(18-10-7-11-18)17-8-5-4-6-9-17/h4-6,8-9,18-22H,2-3,7,10-16H2,1H3/t19-,20+,21?,22?. The summed E-state index contributed by atoms with van der Waals surface area (Å²) in [6, 6.07) is 12.6. The average molecular weight is 328 g/mol. The number of benzene rings is 1. The molecular weight excluding hydrogens is 294 g/mol. The van der Waals surface area contributed by atoms with Crippen LogP contribution in [0.4, 0.5) is 0 Å². The summed E-state index contributed by atoms with van der Waals surface area (Å²) >= 11 is 0. The SMILES string of the molecule is CCCCN1[C@@H]2CC[C@H]1CC(OC(c1ccccc1)C1CCC1)C2. The molecule has 4 atom stereocenters. The number of piperidine rings is 1. The molecule has 0 N–H and O–H groups in total. The summed E-state index contributed by atoms with van der Waals surface area (Å²) in [7, 11) is 0. The Hall–Kier alpha value is -0.860. The summed E-state index contributed by atoms with van der Waals surface area (Å²) in [4.78, 5) is 2.81. The Balaban J connectivity index is 1.41. The van der Waals surface area contributed by atoms with Crippen LogP contribution in [0.15, 0.2) is 30.3 Å². The molecule has 2 aliphatic heterocycles. The molecule has 2 saturated heterocycles. The van der Waals surface area contributed by atoms with Gasteiger partial charge in [0, 0.05) is 12.1 Å². The maximum Gasteiger partial charge on any atom is 0.0856 e. The predicted octanol–water partition coefficient (Wildman–Crippen LogP) is 5.34. The van der Waals surface area contributed by atoms with Crippen molar-refractivity contribution in [1.29, 1.82) is 0 Å². The van der Waals surface area contributed by atoms with Gasteiger partial charge in [-0.15, -0.1) is 0 Å². The first-order valence-corrected chi connectivity index (χ1v) is 10.3. The molecule has 4 rings (SSSR count). The van der Waals surface area contributed by atoms with Crippen LogP contribution in [0.3, 0.4) is 0 Å². The first kappa shape index (κ1) is 16.6. The van der Waals surface area contributed by atoms with E-state index in [4.69, 9.17) is 4.74 Å². The zero-order valence-corrected chi connectivity index (χ0v) is 15.2. The zero-order chi connectivity index (χ0) is 16.4. The molecule has 132 valence electrons. The van der Waals surface area contributed by atoms with Crippen LogP contribution in [0.5, 0.6) is 0 Å². The van der Waals surface area contributed by atoms with Crippen molar-refractivity contribution in [2.75, 3.05) is 6.54 Å². The van der Waals surface area contributed by atoms with Crippen molar-refractivity contribution in [3.8, 4) is 0 Å². The van der Waals surface area contributed by atoms with E-state index in [1.807, 2.05) is 0 Å². The van der Waals surface area contributed by atoms with Gasteiger partial charge in [0.25, 0.3) is 0 Å². The molecule has 0 spiro atoms. The van der Waals surface area contributed by atoms with Crippen LogP contribution in [0.25, 0.3) is 0 Å². The van der Waals surface area contributed by atoms with Crippen LogP contribution in [0, 0.1) is 5.92 Å². The van der Waals surface area contributed by atoms with Gasteiger partial charge < -0.3 is 4.74 Å². The minimum Gasteiger partial charge on any atom is -0.370 e. The van der Waals surface area contributed by atoms with Gasteiger partial charge in [0.15, 0.2) is 0 Å². The first-order chi connectivity index (χ1) is 11.8. The molecule has 2 heteroatoms. The highest BCUT2D eigenvalue weighted by atomic mass is 16.5. The summed E-state index contributed by atoms with van der Waals surface area (Å²) in [6.45, 7) is 3.62. The van der Waals surface area contributed by atoms with Crippen molar-refractivity contribution < 1.29 is 4.74 Å². The highest BCUT2D eigenvalue weighted by molar-refractivity contribution is 5.19. The van der Waals surface area contributed by atoms with E-state index in [1.54, 1.807) is 0 Å². The Bertz CT molecular complexity index is 498. The molecule has 0 amide bonds. The number of hydrogen-bond donors (Lipinski definition) is 0. The molecular formula is C22H33NO. The van der Waals surface area contributed by atoms with Crippen molar-refractivity contribution >= 4 is 0 Å². The largest absolute Gasteiger partial charge is 0.370 e. The van der Waals surface area contributed by atoms with Crippen LogP contribution < -0.4 is 0 Å². The second-order valence-electron chi connectivity index (χ2n) is 8.23. The van der Waals surface area contributed by atoms with E-state index in [2.05, 4.69) is 42.2 Å². The fraction of sp³-hybridized carbons (Fsp3) is 0.727. The lowest BCUT2D eigenvalue weighted by atomic mass is 9.78.